The van der Waals surface area contributed by atoms with Crippen LogP contribution in [0.2, 0.25) is 0 Å². The molecule has 0 aliphatic heterocycles. The van der Waals surface area contributed by atoms with Crippen molar-refractivity contribution >= 4 is 33.3 Å². The molecule has 0 heterocycles. The minimum atomic E-state index is -0.393. The first-order valence-corrected chi connectivity index (χ1v) is 8.22. The quantitative estimate of drug-likeness (QED) is 0.735. The predicted octanol–water partition coefficient (Wildman–Crippen LogP) is 4.34. The number of hydrogen-bond acceptors (Lipinski definition) is 4. The highest BCUT2D eigenvalue weighted by atomic mass is 79.9. The molecule has 0 saturated carbocycles. The smallest absolute Gasteiger partial charge is 0.230 e. The van der Waals surface area contributed by atoms with Crippen LogP contribution in [0.1, 0.15) is 44.4 Å². The van der Waals surface area contributed by atoms with Crippen LogP contribution in [0.25, 0.3) is 0 Å². The van der Waals surface area contributed by atoms with Gasteiger partial charge in [0.2, 0.25) is 11.6 Å². The Kier molecular flexibility index (Phi) is 4.44. The van der Waals surface area contributed by atoms with E-state index in [0.29, 0.717) is 23.1 Å². The molecule has 120 valence electrons. The molecule has 0 unspecified atom stereocenters. The summed E-state index contributed by atoms with van der Waals surface area (Å²) in [5.41, 5.74) is 1.01. The fourth-order valence-electron chi connectivity index (χ4n) is 2.50. The number of hydrogen-bond donors (Lipinski definition) is 0. The maximum Gasteiger partial charge on any atom is 0.230 e. The highest BCUT2D eigenvalue weighted by molar-refractivity contribution is 9.12. The molecule has 0 amide bonds. The van der Waals surface area contributed by atoms with Crippen LogP contribution in [-0.2, 0) is 0 Å². The summed E-state index contributed by atoms with van der Waals surface area (Å²) in [6.45, 7) is 1.75. The lowest BCUT2D eigenvalue weighted by atomic mass is 9.93. The maximum absolute atomic E-state index is 12.7. The molecule has 1 aliphatic carbocycles. The van der Waals surface area contributed by atoms with Crippen molar-refractivity contribution in [2.24, 2.45) is 0 Å². The minimum absolute atomic E-state index is 0.0601. The van der Waals surface area contributed by atoms with Gasteiger partial charge in [-0.05, 0) is 28.1 Å². The van der Waals surface area contributed by atoms with Gasteiger partial charge in [-0.3, -0.25) is 14.4 Å². The Bertz CT molecular complexity index is 896. The number of allylic oxidation sites excluding steroid dienone is 2. The van der Waals surface area contributed by atoms with Crippen molar-refractivity contribution in [3.8, 4) is 5.75 Å². The number of Topliss-reactive ketones (excluding diaryl/α,β-unsaturated/α-hetero) is 3. The van der Waals surface area contributed by atoms with Crippen LogP contribution < -0.4 is 4.74 Å². The van der Waals surface area contributed by atoms with Gasteiger partial charge in [-0.1, -0.05) is 43.3 Å². The van der Waals surface area contributed by atoms with Crippen molar-refractivity contribution in [1.29, 1.82) is 0 Å². The van der Waals surface area contributed by atoms with Crippen molar-refractivity contribution in [1.82, 2.24) is 0 Å². The number of ether oxygens (including phenoxy) is 1. The lowest BCUT2D eigenvalue weighted by Crippen LogP contribution is -2.23. The molecular formula is C19H13BrO4. The van der Waals surface area contributed by atoms with Gasteiger partial charge < -0.3 is 4.74 Å². The molecule has 0 bridgehead atoms. The van der Waals surface area contributed by atoms with E-state index in [0.717, 1.165) is 0 Å². The van der Waals surface area contributed by atoms with Gasteiger partial charge in [0.15, 0.2) is 11.5 Å². The standard InChI is InChI=1S/C19H13BrO4/c1-2-14(21)13-9-5-6-10-15(13)24-19-16(20)17(22)11-7-3-4-8-12(11)18(19)23/h3-10H,2H2,1H3. The molecule has 0 radical (unpaired) electrons. The van der Waals surface area contributed by atoms with E-state index in [1.54, 1.807) is 55.5 Å². The summed E-state index contributed by atoms with van der Waals surface area (Å²) in [4.78, 5) is 37.2. The van der Waals surface area contributed by atoms with E-state index in [-0.39, 0.29) is 27.6 Å². The van der Waals surface area contributed by atoms with Crippen molar-refractivity contribution in [3.63, 3.8) is 0 Å². The zero-order valence-electron chi connectivity index (χ0n) is 12.8. The summed E-state index contributed by atoms with van der Waals surface area (Å²) in [5, 5.41) is 0. The molecule has 0 aromatic heterocycles. The van der Waals surface area contributed by atoms with E-state index in [4.69, 9.17) is 4.74 Å². The second kappa shape index (κ2) is 6.53. The number of fused-ring (bicyclic) bond motifs is 1. The van der Waals surface area contributed by atoms with Gasteiger partial charge in [-0.2, -0.15) is 0 Å². The van der Waals surface area contributed by atoms with Gasteiger partial charge in [0, 0.05) is 17.5 Å². The van der Waals surface area contributed by atoms with Gasteiger partial charge in [0.05, 0.1) is 5.56 Å². The SMILES string of the molecule is CCC(=O)c1ccccc1OC1=C(Br)C(=O)c2ccccc2C1=O. The Hall–Kier alpha value is -2.53. The molecule has 24 heavy (non-hydrogen) atoms. The van der Waals surface area contributed by atoms with Crippen molar-refractivity contribution in [2.75, 3.05) is 0 Å². The molecule has 4 nitrogen and oxygen atoms in total. The molecule has 5 heteroatoms. The number of carbonyl (C=O) groups excluding carboxylic acids is 3. The lowest BCUT2D eigenvalue weighted by Gasteiger charge is -2.19. The molecule has 0 fully saturated rings. The molecule has 2 aromatic rings. The third-order valence-electron chi connectivity index (χ3n) is 3.74. The summed E-state index contributed by atoms with van der Waals surface area (Å²) in [6, 6.07) is 13.2. The number of halogens is 1. The van der Waals surface area contributed by atoms with Gasteiger partial charge in [-0.25, -0.2) is 0 Å². The Morgan fingerprint density at radius 1 is 0.958 bits per heavy atom. The zero-order chi connectivity index (χ0) is 17.3. The molecule has 2 aromatic carbocycles. The number of carbonyl (C=O) groups is 3. The van der Waals surface area contributed by atoms with E-state index in [1.165, 1.54) is 0 Å². The highest BCUT2D eigenvalue weighted by Crippen LogP contribution is 2.32. The van der Waals surface area contributed by atoms with Crippen molar-refractivity contribution in [3.05, 3.63) is 75.5 Å². The topological polar surface area (TPSA) is 60.4 Å². The van der Waals surface area contributed by atoms with Gasteiger partial charge >= 0.3 is 0 Å². The number of para-hydroxylation sites is 1. The molecular weight excluding hydrogens is 372 g/mol. The van der Waals surface area contributed by atoms with Crippen LogP contribution >= 0.6 is 15.9 Å². The zero-order valence-corrected chi connectivity index (χ0v) is 14.4. The van der Waals surface area contributed by atoms with Gasteiger partial charge in [-0.15, -0.1) is 0 Å². The molecule has 1 aliphatic rings. The summed E-state index contributed by atoms with van der Waals surface area (Å²) >= 11 is 3.17. The van der Waals surface area contributed by atoms with Crippen LogP contribution in [0.15, 0.2) is 58.8 Å². The van der Waals surface area contributed by atoms with E-state index >= 15 is 0 Å². The second-order valence-electron chi connectivity index (χ2n) is 5.22. The van der Waals surface area contributed by atoms with Crippen LogP contribution in [0.5, 0.6) is 5.75 Å². The average Bonchev–Trinajstić information content (AvgIpc) is 2.63. The summed E-state index contributed by atoms with van der Waals surface area (Å²) < 4.78 is 5.76. The van der Waals surface area contributed by atoms with Crippen LogP contribution in [0.3, 0.4) is 0 Å². The van der Waals surface area contributed by atoms with E-state index in [1.807, 2.05) is 0 Å². The molecule has 0 spiro atoms. The minimum Gasteiger partial charge on any atom is -0.451 e. The van der Waals surface area contributed by atoms with Gasteiger partial charge in [0.25, 0.3) is 0 Å². The monoisotopic (exact) mass is 384 g/mol. The first kappa shape index (κ1) is 16.3. The second-order valence-corrected chi connectivity index (χ2v) is 6.01. The molecule has 0 N–H and O–H groups in total. The lowest BCUT2D eigenvalue weighted by molar-refractivity contribution is 0.0939. The van der Waals surface area contributed by atoms with Crippen LogP contribution in [-0.4, -0.2) is 17.3 Å². The first-order valence-electron chi connectivity index (χ1n) is 7.42. The largest absolute Gasteiger partial charge is 0.451 e. The third-order valence-corrected chi connectivity index (χ3v) is 4.46. The fourth-order valence-corrected chi connectivity index (χ4v) is 2.97. The van der Waals surface area contributed by atoms with Gasteiger partial charge in [0.1, 0.15) is 10.2 Å². The predicted molar refractivity (Wildman–Crippen MR) is 92.7 cm³/mol. The number of ketones is 3. The number of benzene rings is 2. The number of rotatable bonds is 4. The summed E-state index contributed by atoms with van der Waals surface area (Å²) in [5.74, 6) is -0.653. The van der Waals surface area contributed by atoms with E-state index in [9.17, 15) is 14.4 Å². The Morgan fingerprint density at radius 2 is 1.54 bits per heavy atom. The molecule has 0 atom stereocenters. The molecule has 3 rings (SSSR count). The molecule has 0 saturated heterocycles. The normalized spacial score (nSPS) is 13.8. The average molecular weight is 385 g/mol. The van der Waals surface area contributed by atoms with Crippen LogP contribution in [0.4, 0.5) is 0 Å². The maximum atomic E-state index is 12.7. The summed E-state index contributed by atoms with van der Waals surface area (Å²) in [7, 11) is 0. The Balaban J connectivity index is 2.06. The highest BCUT2D eigenvalue weighted by Gasteiger charge is 2.33. The van der Waals surface area contributed by atoms with Crippen LogP contribution in [0, 0.1) is 0 Å². The summed E-state index contributed by atoms with van der Waals surface area (Å²) in [6.07, 6.45) is 0.316. The fraction of sp³-hybridized carbons (Fsp3) is 0.105. The Labute approximate surface area is 147 Å². The third kappa shape index (κ3) is 2.71. The van der Waals surface area contributed by atoms with Crippen molar-refractivity contribution < 1.29 is 19.1 Å². The van der Waals surface area contributed by atoms with E-state index < -0.39 is 5.78 Å². The first-order chi connectivity index (χ1) is 11.5. The Morgan fingerprint density at radius 3 is 2.21 bits per heavy atom. The van der Waals surface area contributed by atoms with E-state index in [2.05, 4.69) is 15.9 Å². The van der Waals surface area contributed by atoms with Crippen molar-refractivity contribution in [2.45, 2.75) is 13.3 Å².